The number of nitro benzene ring substituents is 1. The van der Waals surface area contributed by atoms with Crippen LogP contribution in [0.2, 0.25) is 5.02 Å². The average Bonchev–Trinajstić information content (AvgIpc) is 3.18. The van der Waals surface area contributed by atoms with Crippen molar-refractivity contribution >= 4 is 71.3 Å². The van der Waals surface area contributed by atoms with Gasteiger partial charge in [-0.2, -0.15) is 0 Å². The van der Waals surface area contributed by atoms with E-state index < -0.39 is 4.92 Å². The third-order valence-corrected chi connectivity index (χ3v) is 5.88. The lowest BCUT2D eigenvalue weighted by molar-refractivity contribution is -0.384. The van der Waals surface area contributed by atoms with E-state index in [1.165, 1.54) is 34.8 Å². The Morgan fingerprint density at radius 1 is 1.16 bits per heavy atom. The first-order chi connectivity index (χ1) is 12.0. The molecule has 1 N–H and O–H groups in total. The summed E-state index contributed by atoms with van der Waals surface area (Å²) in [7, 11) is 0. The van der Waals surface area contributed by atoms with Gasteiger partial charge in [-0.15, -0.1) is 11.3 Å². The number of thiazole rings is 1. The molecular formula is C16H8ClN3O3S2. The largest absolute Gasteiger partial charge is 0.297 e. The van der Waals surface area contributed by atoms with Crippen LogP contribution in [0.3, 0.4) is 0 Å². The van der Waals surface area contributed by atoms with Crippen LogP contribution in [-0.4, -0.2) is 15.8 Å². The molecule has 0 atom stereocenters. The van der Waals surface area contributed by atoms with Crippen molar-refractivity contribution in [2.24, 2.45) is 0 Å². The second kappa shape index (κ2) is 6.07. The lowest BCUT2D eigenvalue weighted by Gasteiger charge is -1.97. The Bertz CT molecular complexity index is 1150. The molecule has 0 saturated heterocycles. The fraction of sp³-hybridized carbons (Fsp3) is 0. The smallest absolute Gasteiger partial charge is 0.270 e. The van der Waals surface area contributed by atoms with E-state index in [-0.39, 0.29) is 11.6 Å². The SMILES string of the molecule is O=C(Nc1nc2c(Cl)cccc2s1)c1cc2cc([N+](=O)[O-])ccc2s1. The number of non-ortho nitro benzene ring substituents is 1. The van der Waals surface area contributed by atoms with Crippen LogP contribution in [0.25, 0.3) is 20.3 Å². The summed E-state index contributed by atoms with van der Waals surface area (Å²) in [4.78, 5) is 27.7. The van der Waals surface area contributed by atoms with Crippen molar-refractivity contribution in [2.45, 2.75) is 0 Å². The van der Waals surface area contributed by atoms with Crippen molar-refractivity contribution in [3.05, 3.63) is 62.5 Å². The Balaban J connectivity index is 1.64. The topological polar surface area (TPSA) is 85.1 Å². The average molecular weight is 390 g/mol. The molecule has 0 fully saturated rings. The monoisotopic (exact) mass is 389 g/mol. The van der Waals surface area contributed by atoms with Gasteiger partial charge in [-0.25, -0.2) is 4.98 Å². The number of aromatic nitrogens is 1. The lowest BCUT2D eigenvalue weighted by atomic mass is 10.2. The molecule has 0 aliphatic heterocycles. The van der Waals surface area contributed by atoms with Crippen LogP contribution in [0.1, 0.15) is 9.67 Å². The van der Waals surface area contributed by atoms with Crippen LogP contribution >= 0.6 is 34.3 Å². The zero-order chi connectivity index (χ0) is 17.6. The van der Waals surface area contributed by atoms with Gasteiger partial charge in [0.05, 0.1) is 19.5 Å². The number of fused-ring (bicyclic) bond motifs is 2. The summed E-state index contributed by atoms with van der Waals surface area (Å²) in [5.74, 6) is -0.306. The van der Waals surface area contributed by atoms with E-state index >= 15 is 0 Å². The molecule has 0 bridgehead atoms. The number of nitro groups is 1. The number of benzene rings is 2. The van der Waals surface area contributed by atoms with Crippen molar-refractivity contribution in [2.75, 3.05) is 5.32 Å². The van der Waals surface area contributed by atoms with Gasteiger partial charge in [0.25, 0.3) is 11.6 Å². The molecule has 9 heteroatoms. The third kappa shape index (κ3) is 2.95. The van der Waals surface area contributed by atoms with Crippen molar-refractivity contribution in [1.82, 2.24) is 4.98 Å². The highest BCUT2D eigenvalue weighted by Crippen LogP contribution is 2.32. The Labute approximate surface area is 153 Å². The summed E-state index contributed by atoms with van der Waals surface area (Å²) in [6.07, 6.45) is 0. The molecule has 0 unspecified atom stereocenters. The van der Waals surface area contributed by atoms with E-state index in [4.69, 9.17) is 11.6 Å². The number of rotatable bonds is 3. The highest BCUT2D eigenvalue weighted by atomic mass is 35.5. The summed E-state index contributed by atoms with van der Waals surface area (Å²) in [5.41, 5.74) is 0.648. The first-order valence-corrected chi connectivity index (χ1v) is 9.07. The molecule has 2 aromatic heterocycles. The Morgan fingerprint density at radius 3 is 2.76 bits per heavy atom. The molecule has 0 aliphatic rings. The van der Waals surface area contributed by atoms with E-state index in [0.29, 0.717) is 25.9 Å². The molecule has 4 aromatic rings. The molecule has 0 saturated carbocycles. The summed E-state index contributed by atoms with van der Waals surface area (Å²) < 4.78 is 1.69. The molecule has 1 amide bonds. The Hall–Kier alpha value is -2.55. The number of hydrogen-bond acceptors (Lipinski definition) is 6. The van der Waals surface area contributed by atoms with Gasteiger partial charge in [-0.05, 0) is 24.3 Å². The third-order valence-electron chi connectivity index (χ3n) is 3.52. The number of hydrogen-bond donors (Lipinski definition) is 1. The predicted octanol–water partition coefficient (Wildman–Crippen LogP) is 5.32. The Kier molecular flexibility index (Phi) is 3.87. The van der Waals surface area contributed by atoms with Gasteiger partial charge in [0.1, 0.15) is 5.52 Å². The van der Waals surface area contributed by atoms with Crippen LogP contribution in [0.4, 0.5) is 10.8 Å². The molecule has 2 aromatic carbocycles. The molecule has 25 heavy (non-hydrogen) atoms. The molecule has 0 aliphatic carbocycles. The fourth-order valence-corrected chi connectivity index (χ4v) is 4.48. The van der Waals surface area contributed by atoms with Crippen LogP contribution in [0, 0.1) is 10.1 Å². The fourth-order valence-electron chi connectivity index (χ4n) is 2.38. The number of nitrogens with one attached hydrogen (secondary N) is 1. The number of nitrogens with zero attached hydrogens (tertiary/aromatic N) is 2. The maximum atomic E-state index is 12.5. The van der Waals surface area contributed by atoms with Crippen LogP contribution in [0.5, 0.6) is 0 Å². The van der Waals surface area contributed by atoms with Gasteiger partial charge >= 0.3 is 0 Å². The number of thiophene rings is 1. The van der Waals surface area contributed by atoms with Crippen LogP contribution < -0.4 is 5.32 Å². The molecule has 4 rings (SSSR count). The zero-order valence-corrected chi connectivity index (χ0v) is 14.7. The van der Waals surface area contributed by atoms with Gasteiger partial charge in [0.15, 0.2) is 5.13 Å². The van der Waals surface area contributed by atoms with Crippen molar-refractivity contribution in [1.29, 1.82) is 0 Å². The van der Waals surface area contributed by atoms with Crippen molar-refractivity contribution in [3.63, 3.8) is 0 Å². The van der Waals surface area contributed by atoms with Gasteiger partial charge in [-0.1, -0.05) is 29.0 Å². The van der Waals surface area contributed by atoms with E-state index in [2.05, 4.69) is 10.3 Å². The molecule has 0 radical (unpaired) electrons. The van der Waals surface area contributed by atoms with Gasteiger partial charge in [0, 0.05) is 22.2 Å². The summed E-state index contributed by atoms with van der Waals surface area (Å²) in [5, 5.41) is 15.3. The van der Waals surface area contributed by atoms with Crippen molar-refractivity contribution < 1.29 is 9.72 Å². The second-order valence-corrected chi connectivity index (χ2v) is 7.67. The molecule has 0 spiro atoms. The van der Waals surface area contributed by atoms with Gasteiger partial charge < -0.3 is 0 Å². The molecule has 2 heterocycles. The predicted molar refractivity (Wildman–Crippen MR) is 101 cm³/mol. The second-order valence-electron chi connectivity index (χ2n) is 5.15. The minimum atomic E-state index is -0.457. The maximum absolute atomic E-state index is 12.5. The number of carbonyl (C=O) groups is 1. The van der Waals surface area contributed by atoms with E-state index in [0.717, 1.165) is 9.40 Å². The number of para-hydroxylation sites is 1. The molecular weight excluding hydrogens is 382 g/mol. The summed E-state index contributed by atoms with van der Waals surface area (Å²) in [6.45, 7) is 0. The number of carbonyl (C=O) groups excluding carboxylic acids is 1. The minimum Gasteiger partial charge on any atom is -0.297 e. The number of anilines is 1. The summed E-state index contributed by atoms with van der Waals surface area (Å²) in [6, 6.07) is 11.6. The Morgan fingerprint density at radius 2 is 2.00 bits per heavy atom. The number of halogens is 1. The summed E-state index contributed by atoms with van der Waals surface area (Å²) >= 11 is 8.70. The first-order valence-electron chi connectivity index (χ1n) is 7.05. The first kappa shape index (κ1) is 15.9. The van der Waals surface area contributed by atoms with E-state index in [1.807, 2.05) is 12.1 Å². The van der Waals surface area contributed by atoms with Gasteiger partial charge in [0.2, 0.25) is 0 Å². The molecule has 124 valence electrons. The highest BCUT2D eigenvalue weighted by Gasteiger charge is 2.15. The number of amides is 1. The van der Waals surface area contributed by atoms with Crippen LogP contribution in [-0.2, 0) is 0 Å². The van der Waals surface area contributed by atoms with E-state index in [9.17, 15) is 14.9 Å². The van der Waals surface area contributed by atoms with Crippen molar-refractivity contribution in [3.8, 4) is 0 Å². The van der Waals surface area contributed by atoms with Crippen LogP contribution in [0.15, 0.2) is 42.5 Å². The zero-order valence-electron chi connectivity index (χ0n) is 12.4. The highest BCUT2D eigenvalue weighted by molar-refractivity contribution is 7.23. The minimum absolute atomic E-state index is 0.00178. The normalized spacial score (nSPS) is 11.1. The maximum Gasteiger partial charge on any atom is 0.270 e. The van der Waals surface area contributed by atoms with E-state index in [1.54, 1.807) is 18.2 Å². The lowest BCUT2D eigenvalue weighted by Crippen LogP contribution is -2.09. The molecule has 6 nitrogen and oxygen atoms in total. The quantitative estimate of drug-likeness (QED) is 0.379. The van der Waals surface area contributed by atoms with Gasteiger partial charge in [-0.3, -0.25) is 20.2 Å². The standard InChI is InChI=1S/C16H8ClN3O3S2/c17-10-2-1-3-12-14(10)18-16(25-12)19-15(21)13-7-8-6-9(20(22)23)4-5-11(8)24-13/h1-7H,(H,18,19,21).